The summed E-state index contributed by atoms with van der Waals surface area (Å²) in [6.07, 6.45) is -4.93. The van der Waals surface area contributed by atoms with Crippen LogP contribution in [0.5, 0.6) is 0 Å². The van der Waals surface area contributed by atoms with Crippen molar-refractivity contribution in [1.82, 2.24) is 5.32 Å². The fraction of sp³-hybridized carbons (Fsp3) is 0.0833. The molecule has 0 bridgehead atoms. The van der Waals surface area contributed by atoms with Gasteiger partial charge in [0.2, 0.25) is 0 Å². The monoisotopic (exact) mass is 313 g/mol. The normalized spacial score (nSPS) is 11.7. The molecule has 0 heterocycles. The van der Waals surface area contributed by atoms with E-state index >= 15 is 0 Å². The van der Waals surface area contributed by atoms with E-state index in [1.807, 2.05) is 5.32 Å². The number of allylic oxidation sites excluding steroid dienone is 2. The molecule has 0 aliphatic rings. The van der Waals surface area contributed by atoms with Crippen LogP contribution in [0.4, 0.5) is 28.0 Å². The van der Waals surface area contributed by atoms with Crippen molar-refractivity contribution in [2.45, 2.75) is 6.18 Å². The van der Waals surface area contributed by atoms with Gasteiger partial charge in [0.05, 0.1) is 11.3 Å². The Morgan fingerprint density at radius 1 is 1.23 bits per heavy atom. The number of rotatable bonds is 2. The molecule has 0 spiro atoms. The van der Waals surface area contributed by atoms with E-state index in [-0.39, 0.29) is 0 Å². The fourth-order valence-electron chi connectivity index (χ4n) is 1.33. The maximum absolute atomic E-state index is 13.7. The van der Waals surface area contributed by atoms with Crippen LogP contribution in [0.15, 0.2) is 29.6 Å². The first kappa shape index (κ1) is 16.8. The summed E-state index contributed by atoms with van der Waals surface area (Å²) in [5.41, 5.74) is 1.58. The molecule has 0 aromatic heterocycles. The van der Waals surface area contributed by atoms with Gasteiger partial charge in [0.15, 0.2) is 11.5 Å². The number of benzene rings is 1. The maximum Gasteiger partial charge on any atom is 0.419 e. The smallest absolute Gasteiger partial charge is 0.388 e. The van der Waals surface area contributed by atoms with Gasteiger partial charge in [0, 0.05) is 0 Å². The van der Waals surface area contributed by atoms with Gasteiger partial charge in [0.25, 0.3) is 0 Å². The van der Waals surface area contributed by atoms with Crippen LogP contribution in [0.1, 0.15) is 5.56 Å². The van der Waals surface area contributed by atoms with Crippen LogP contribution in [0, 0.1) is 28.5 Å². The van der Waals surface area contributed by atoms with Crippen LogP contribution in [0.2, 0.25) is 0 Å². The lowest BCUT2D eigenvalue weighted by molar-refractivity contribution is -0.139. The van der Waals surface area contributed by atoms with E-state index in [2.05, 4.69) is 0 Å². The number of hydrogen-bond donors (Lipinski definition) is 3. The Hall–Kier alpha value is -3.27. The van der Waals surface area contributed by atoms with Crippen molar-refractivity contribution < 1.29 is 22.4 Å². The molecule has 0 fully saturated rings. The van der Waals surface area contributed by atoms with Gasteiger partial charge in [0.1, 0.15) is 17.8 Å². The third kappa shape index (κ3) is 3.86. The molecular formula is C12H7F4N5O. The number of nitriles is 2. The predicted octanol–water partition coefficient (Wildman–Crippen LogP) is 2.18. The van der Waals surface area contributed by atoms with Crippen LogP contribution >= 0.6 is 0 Å². The molecule has 0 saturated carbocycles. The first-order valence-corrected chi connectivity index (χ1v) is 5.44. The zero-order chi connectivity index (χ0) is 16.9. The first-order valence-electron chi connectivity index (χ1n) is 5.44. The molecule has 6 nitrogen and oxygen atoms in total. The number of halogens is 4. The van der Waals surface area contributed by atoms with Crippen molar-refractivity contribution >= 4 is 11.7 Å². The number of anilines is 1. The van der Waals surface area contributed by atoms with Gasteiger partial charge in [-0.15, -0.1) is 0 Å². The summed E-state index contributed by atoms with van der Waals surface area (Å²) in [5, 5.41) is 20.7. The number of urea groups is 1. The molecule has 10 heteroatoms. The third-order valence-electron chi connectivity index (χ3n) is 2.29. The zero-order valence-corrected chi connectivity index (χ0v) is 10.6. The molecule has 0 aliphatic heterocycles. The summed E-state index contributed by atoms with van der Waals surface area (Å²) in [5.74, 6) is -1.68. The van der Waals surface area contributed by atoms with E-state index in [9.17, 15) is 22.4 Å². The predicted molar refractivity (Wildman–Crippen MR) is 66.0 cm³/mol. The number of amides is 2. The Morgan fingerprint density at radius 2 is 1.86 bits per heavy atom. The number of carbonyl (C=O) groups excluding carboxylic acids is 1. The number of hydrogen-bond acceptors (Lipinski definition) is 4. The lowest BCUT2D eigenvalue weighted by Crippen LogP contribution is -2.30. The van der Waals surface area contributed by atoms with Crippen LogP contribution in [0.3, 0.4) is 0 Å². The molecule has 2 amide bonds. The van der Waals surface area contributed by atoms with Crippen LogP contribution < -0.4 is 16.4 Å². The van der Waals surface area contributed by atoms with Gasteiger partial charge in [-0.2, -0.15) is 23.7 Å². The number of nitrogens with one attached hydrogen (secondary N) is 2. The van der Waals surface area contributed by atoms with Crippen molar-refractivity contribution in [2.75, 3.05) is 5.32 Å². The highest BCUT2D eigenvalue weighted by atomic mass is 19.4. The number of nitrogens with two attached hydrogens (primary N) is 1. The van der Waals surface area contributed by atoms with Crippen LogP contribution in [-0.4, -0.2) is 6.03 Å². The average molecular weight is 313 g/mol. The Bertz CT molecular complexity index is 712. The van der Waals surface area contributed by atoms with Crippen molar-refractivity contribution in [1.29, 1.82) is 10.5 Å². The van der Waals surface area contributed by atoms with Crippen molar-refractivity contribution in [3.05, 3.63) is 41.0 Å². The summed E-state index contributed by atoms with van der Waals surface area (Å²) >= 11 is 0. The van der Waals surface area contributed by atoms with E-state index in [1.54, 1.807) is 5.32 Å². The largest absolute Gasteiger partial charge is 0.419 e. The second kappa shape index (κ2) is 6.45. The Kier molecular flexibility index (Phi) is 4.92. The second-order valence-electron chi connectivity index (χ2n) is 3.76. The fourth-order valence-corrected chi connectivity index (χ4v) is 1.33. The van der Waals surface area contributed by atoms with Gasteiger partial charge in [-0.1, -0.05) is 6.07 Å². The molecule has 0 unspecified atom stereocenters. The van der Waals surface area contributed by atoms with E-state index in [0.29, 0.717) is 6.07 Å². The molecule has 4 N–H and O–H groups in total. The Labute approximate surface area is 121 Å². The highest BCUT2D eigenvalue weighted by molar-refractivity contribution is 5.91. The molecule has 0 saturated heterocycles. The third-order valence-corrected chi connectivity index (χ3v) is 2.29. The standard InChI is InChI=1S/C12H7F4N5O/c13-10-6(12(14,15)16)2-1-3-8(10)20-11(22)21-9(5-18)7(19)4-17/h1-3H,19H2,(H2,20,21,22)/b9-7-. The number of carbonyl (C=O) groups is 1. The zero-order valence-electron chi connectivity index (χ0n) is 10.6. The van der Waals surface area contributed by atoms with Crippen LogP contribution in [0.25, 0.3) is 0 Å². The molecule has 114 valence electrons. The highest BCUT2D eigenvalue weighted by Crippen LogP contribution is 2.33. The first-order chi connectivity index (χ1) is 10.2. The Balaban J connectivity index is 3.01. The number of nitrogens with zero attached hydrogens (tertiary/aromatic N) is 2. The molecule has 1 aromatic carbocycles. The van der Waals surface area contributed by atoms with Crippen molar-refractivity contribution in [2.24, 2.45) is 5.73 Å². The van der Waals surface area contributed by atoms with Gasteiger partial charge in [-0.3, -0.25) is 5.32 Å². The molecular weight excluding hydrogens is 306 g/mol. The lowest BCUT2D eigenvalue weighted by atomic mass is 10.2. The van der Waals surface area contributed by atoms with E-state index in [0.717, 1.165) is 12.1 Å². The minimum atomic E-state index is -4.93. The van der Waals surface area contributed by atoms with Gasteiger partial charge in [-0.25, -0.2) is 9.18 Å². The lowest BCUT2D eigenvalue weighted by Gasteiger charge is -2.12. The Morgan fingerprint density at radius 3 is 2.36 bits per heavy atom. The molecule has 0 radical (unpaired) electrons. The summed E-state index contributed by atoms with van der Waals surface area (Å²) in [6.45, 7) is 0. The molecule has 0 atom stereocenters. The molecule has 1 rings (SSSR count). The quantitative estimate of drug-likeness (QED) is 0.573. The minimum absolute atomic E-state index is 0.507. The summed E-state index contributed by atoms with van der Waals surface area (Å²) < 4.78 is 51.2. The number of alkyl halides is 3. The minimum Gasteiger partial charge on any atom is -0.388 e. The summed E-state index contributed by atoms with van der Waals surface area (Å²) in [6, 6.07) is 3.87. The summed E-state index contributed by atoms with van der Waals surface area (Å²) in [7, 11) is 0. The maximum atomic E-state index is 13.7. The second-order valence-corrected chi connectivity index (χ2v) is 3.76. The van der Waals surface area contributed by atoms with Gasteiger partial charge < -0.3 is 11.1 Å². The van der Waals surface area contributed by atoms with E-state index in [4.69, 9.17) is 16.3 Å². The molecule has 1 aromatic rings. The van der Waals surface area contributed by atoms with Gasteiger partial charge >= 0.3 is 12.2 Å². The van der Waals surface area contributed by atoms with E-state index in [1.165, 1.54) is 12.1 Å². The molecule has 22 heavy (non-hydrogen) atoms. The SMILES string of the molecule is N#C/C(N)=C(\C#N)NC(=O)Nc1cccc(C(F)(F)F)c1F. The van der Waals surface area contributed by atoms with Gasteiger partial charge in [-0.05, 0) is 12.1 Å². The average Bonchev–Trinajstić information content (AvgIpc) is 2.44. The topological polar surface area (TPSA) is 115 Å². The van der Waals surface area contributed by atoms with E-state index < -0.39 is 40.7 Å². The van der Waals surface area contributed by atoms with Crippen LogP contribution in [-0.2, 0) is 6.18 Å². The summed E-state index contributed by atoms with van der Waals surface area (Å²) in [4.78, 5) is 11.5. The van der Waals surface area contributed by atoms with Crippen molar-refractivity contribution in [3.8, 4) is 12.1 Å². The highest BCUT2D eigenvalue weighted by Gasteiger charge is 2.35. The van der Waals surface area contributed by atoms with Crippen molar-refractivity contribution in [3.63, 3.8) is 0 Å². The molecule has 0 aliphatic carbocycles.